The first-order chi connectivity index (χ1) is 11.0. The van der Waals surface area contributed by atoms with Crippen molar-refractivity contribution in [1.29, 1.82) is 0 Å². The molecule has 0 unspecified atom stereocenters. The molecule has 1 amide bonds. The number of hydrogen-bond donors (Lipinski definition) is 2. The summed E-state index contributed by atoms with van der Waals surface area (Å²) in [7, 11) is 0. The molecular weight excluding hydrogens is 316 g/mol. The fourth-order valence-electron chi connectivity index (χ4n) is 1.79. The van der Waals surface area contributed by atoms with Gasteiger partial charge in [-0.1, -0.05) is 0 Å². The van der Waals surface area contributed by atoms with Crippen LogP contribution in [0.15, 0.2) is 10.2 Å². The summed E-state index contributed by atoms with van der Waals surface area (Å²) in [6, 6.07) is -0.906. The summed E-state index contributed by atoms with van der Waals surface area (Å²) in [5.41, 5.74) is 4.39. The maximum atomic E-state index is 11.6. The first-order valence-electron chi connectivity index (χ1n) is 7.92. The Labute approximate surface area is 141 Å². The van der Waals surface area contributed by atoms with E-state index in [0.29, 0.717) is 25.8 Å². The van der Waals surface area contributed by atoms with E-state index in [4.69, 9.17) is 10.5 Å². The van der Waals surface area contributed by atoms with Crippen molar-refractivity contribution < 1.29 is 23.9 Å². The van der Waals surface area contributed by atoms with Crippen LogP contribution in [0.25, 0.3) is 0 Å². The molecule has 9 nitrogen and oxygen atoms in total. The van der Waals surface area contributed by atoms with Crippen molar-refractivity contribution in [3.63, 3.8) is 0 Å². The Bertz CT molecular complexity index is 506. The predicted molar refractivity (Wildman–Crippen MR) is 85.0 cm³/mol. The molecule has 1 aliphatic heterocycles. The second-order valence-corrected chi connectivity index (χ2v) is 6.93. The van der Waals surface area contributed by atoms with Crippen LogP contribution >= 0.6 is 0 Å². The van der Waals surface area contributed by atoms with Gasteiger partial charge in [0.05, 0.1) is 6.42 Å². The molecule has 0 aromatic heterocycles. The standard InChI is InChI=1S/C15H26N4O5/c1-14(2,3)24-13(22)23-12(21)10(16)7-5-6-8-17-11(20)9-15(4)18-19-15/h10H,5-9,16H2,1-4H3,(H,17,20)/t10-/m0/s1. The highest BCUT2D eigenvalue weighted by atomic mass is 16.7. The highest BCUT2D eigenvalue weighted by molar-refractivity contribution is 5.85. The van der Waals surface area contributed by atoms with Crippen LogP contribution in [0.2, 0.25) is 0 Å². The van der Waals surface area contributed by atoms with Crippen molar-refractivity contribution in [2.24, 2.45) is 16.0 Å². The van der Waals surface area contributed by atoms with Gasteiger partial charge in [0.2, 0.25) is 5.91 Å². The zero-order chi connectivity index (χ0) is 18.4. The van der Waals surface area contributed by atoms with Gasteiger partial charge in [-0.05, 0) is 47.0 Å². The molecule has 0 bridgehead atoms. The molecule has 136 valence electrons. The van der Waals surface area contributed by atoms with Crippen molar-refractivity contribution in [1.82, 2.24) is 5.32 Å². The third-order valence-electron chi connectivity index (χ3n) is 3.08. The zero-order valence-corrected chi connectivity index (χ0v) is 14.6. The molecular formula is C15H26N4O5. The number of carbonyl (C=O) groups is 3. The molecule has 1 aliphatic rings. The number of nitrogens with two attached hydrogens (primary N) is 1. The normalized spacial score (nSPS) is 16.2. The van der Waals surface area contributed by atoms with Crippen molar-refractivity contribution in [2.45, 2.75) is 70.7 Å². The van der Waals surface area contributed by atoms with E-state index in [1.165, 1.54) is 0 Å². The molecule has 0 spiro atoms. The Balaban J connectivity index is 2.10. The molecule has 1 atom stereocenters. The lowest BCUT2D eigenvalue weighted by atomic mass is 10.1. The molecule has 24 heavy (non-hydrogen) atoms. The highest BCUT2D eigenvalue weighted by Crippen LogP contribution is 2.30. The van der Waals surface area contributed by atoms with Crippen LogP contribution in [-0.4, -0.2) is 41.9 Å². The summed E-state index contributed by atoms with van der Waals surface area (Å²) < 4.78 is 9.40. The quantitative estimate of drug-likeness (QED) is 0.391. The number of rotatable bonds is 8. The Hall–Kier alpha value is -2.03. The van der Waals surface area contributed by atoms with E-state index in [9.17, 15) is 14.4 Å². The Morgan fingerprint density at radius 3 is 2.38 bits per heavy atom. The molecule has 0 aliphatic carbocycles. The van der Waals surface area contributed by atoms with E-state index in [-0.39, 0.29) is 12.3 Å². The summed E-state index contributed by atoms with van der Waals surface area (Å²) >= 11 is 0. The SMILES string of the molecule is CC1(CC(=O)NCCCC[C@H](N)C(=O)OC(=O)OC(C)(C)C)N=N1. The number of ether oxygens (including phenoxy) is 2. The number of hydrogen-bond acceptors (Lipinski definition) is 8. The van der Waals surface area contributed by atoms with Crippen LogP contribution in [0.5, 0.6) is 0 Å². The molecule has 0 saturated heterocycles. The summed E-state index contributed by atoms with van der Waals surface area (Å²) in [4.78, 5) is 34.6. The summed E-state index contributed by atoms with van der Waals surface area (Å²) in [5.74, 6) is -0.936. The molecule has 0 fully saturated rings. The number of carbonyl (C=O) groups excluding carboxylic acids is 3. The van der Waals surface area contributed by atoms with E-state index in [1.807, 2.05) is 0 Å². The lowest BCUT2D eigenvalue weighted by Crippen LogP contribution is -2.36. The second-order valence-electron chi connectivity index (χ2n) is 6.93. The molecule has 3 N–H and O–H groups in total. The maximum Gasteiger partial charge on any atom is 0.516 e. The number of esters is 1. The maximum absolute atomic E-state index is 11.6. The first kappa shape index (κ1) is 20.0. The fraction of sp³-hybridized carbons (Fsp3) is 0.800. The minimum Gasteiger partial charge on any atom is -0.428 e. The Morgan fingerprint density at radius 1 is 1.21 bits per heavy atom. The predicted octanol–water partition coefficient (Wildman–Crippen LogP) is 1.65. The Kier molecular flexibility index (Phi) is 6.82. The molecule has 0 aromatic carbocycles. The van der Waals surface area contributed by atoms with Crippen LogP contribution in [0.1, 0.15) is 53.4 Å². The third kappa shape index (κ3) is 8.56. The minimum absolute atomic E-state index is 0.115. The van der Waals surface area contributed by atoms with Crippen LogP contribution in [0.3, 0.4) is 0 Å². The van der Waals surface area contributed by atoms with Gasteiger partial charge in [-0.2, -0.15) is 10.2 Å². The smallest absolute Gasteiger partial charge is 0.428 e. The Morgan fingerprint density at radius 2 is 1.83 bits per heavy atom. The molecule has 1 rings (SSSR count). The van der Waals surface area contributed by atoms with Crippen molar-refractivity contribution in [3.8, 4) is 0 Å². The molecule has 0 radical (unpaired) electrons. The van der Waals surface area contributed by atoms with E-state index in [0.717, 1.165) is 0 Å². The molecule has 1 heterocycles. The van der Waals surface area contributed by atoms with Gasteiger partial charge in [0, 0.05) is 6.54 Å². The molecule has 9 heteroatoms. The van der Waals surface area contributed by atoms with Crippen LogP contribution < -0.4 is 11.1 Å². The second kappa shape index (κ2) is 8.18. The van der Waals surface area contributed by atoms with Gasteiger partial charge in [0.15, 0.2) is 5.66 Å². The number of nitrogens with zero attached hydrogens (tertiary/aromatic N) is 2. The summed E-state index contributed by atoms with van der Waals surface area (Å²) in [5, 5.41) is 10.3. The van der Waals surface area contributed by atoms with Gasteiger partial charge in [-0.25, -0.2) is 9.59 Å². The minimum atomic E-state index is -1.06. The summed E-state index contributed by atoms with van der Waals surface area (Å²) in [6.07, 6.45) is 0.801. The van der Waals surface area contributed by atoms with Gasteiger partial charge in [0.1, 0.15) is 11.6 Å². The lowest BCUT2D eigenvalue weighted by Gasteiger charge is -2.19. The number of amides is 1. The monoisotopic (exact) mass is 342 g/mol. The molecule has 0 saturated carbocycles. The zero-order valence-electron chi connectivity index (χ0n) is 14.6. The first-order valence-corrected chi connectivity index (χ1v) is 7.92. The average Bonchev–Trinajstić information content (AvgIpc) is 3.12. The lowest BCUT2D eigenvalue weighted by molar-refractivity contribution is -0.143. The third-order valence-corrected chi connectivity index (χ3v) is 3.08. The number of unbranched alkanes of at least 4 members (excludes halogenated alkanes) is 1. The van der Waals surface area contributed by atoms with Gasteiger partial charge in [-0.3, -0.25) is 4.79 Å². The highest BCUT2D eigenvalue weighted by Gasteiger charge is 2.36. The van der Waals surface area contributed by atoms with Gasteiger partial charge in [0.25, 0.3) is 0 Å². The van der Waals surface area contributed by atoms with Crippen LogP contribution in [-0.2, 0) is 19.1 Å². The van der Waals surface area contributed by atoms with E-state index in [2.05, 4.69) is 20.3 Å². The fourth-order valence-corrected chi connectivity index (χ4v) is 1.79. The van der Waals surface area contributed by atoms with Gasteiger partial charge >= 0.3 is 12.1 Å². The van der Waals surface area contributed by atoms with Crippen LogP contribution in [0.4, 0.5) is 4.79 Å². The van der Waals surface area contributed by atoms with Crippen molar-refractivity contribution >= 4 is 18.0 Å². The molecule has 0 aromatic rings. The average molecular weight is 342 g/mol. The van der Waals surface area contributed by atoms with Crippen molar-refractivity contribution in [2.75, 3.05) is 6.54 Å². The van der Waals surface area contributed by atoms with E-state index in [1.54, 1.807) is 27.7 Å². The number of nitrogens with one attached hydrogen (secondary N) is 1. The van der Waals surface area contributed by atoms with Gasteiger partial charge in [-0.15, -0.1) is 0 Å². The van der Waals surface area contributed by atoms with E-state index < -0.39 is 29.4 Å². The largest absolute Gasteiger partial charge is 0.516 e. The van der Waals surface area contributed by atoms with Crippen molar-refractivity contribution in [3.05, 3.63) is 0 Å². The van der Waals surface area contributed by atoms with Gasteiger partial charge < -0.3 is 20.5 Å². The summed E-state index contributed by atoms with van der Waals surface area (Å²) in [6.45, 7) is 7.25. The van der Waals surface area contributed by atoms with E-state index >= 15 is 0 Å². The van der Waals surface area contributed by atoms with Crippen LogP contribution in [0, 0.1) is 0 Å². The topological polar surface area (TPSA) is 132 Å².